The molecule has 0 aliphatic carbocycles. The van der Waals surface area contributed by atoms with E-state index in [-0.39, 0.29) is 18.2 Å². The van der Waals surface area contributed by atoms with Crippen LogP contribution in [0.3, 0.4) is 0 Å². The number of aliphatic hydroxyl groups excluding tert-OH is 1. The molecular weight excluding hydrogens is 288 g/mol. The van der Waals surface area contributed by atoms with Crippen molar-refractivity contribution in [1.29, 1.82) is 0 Å². The molecule has 2 atom stereocenters. The summed E-state index contributed by atoms with van der Waals surface area (Å²) in [7, 11) is -3.56. The normalized spacial score (nSPS) is 29.8. The number of hydrogen-bond donors (Lipinski definition) is 2. The zero-order chi connectivity index (χ0) is 15.4. The molecule has 0 amide bonds. The lowest BCUT2D eigenvalue weighted by molar-refractivity contribution is 0.0768. The number of nitrogens with zero attached hydrogens (tertiary/aromatic N) is 1. The Balaban J connectivity index is 2.09. The molecule has 5 nitrogen and oxygen atoms in total. The van der Waals surface area contributed by atoms with Crippen LogP contribution in [0.2, 0.25) is 0 Å². The van der Waals surface area contributed by atoms with Gasteiger partial charge in [0.2, 0.25) is 10.0 Å². The average Bonchev–Trinajstić information content (AvgIpc) is 2.68. The number of benzene rings is 1. The van der Waals surface area contributed by atoms with Crippen molar-refractivity contribution in [2.75, 3.05) is 5.73 Å². The van der Waals surface area contributed by atoms with Crippen molar-refractivity contribution < 1.29 is 13.5 Å². The van der Waals surface area contributed by atoms with E-state index in [2.05, 4.69) is 0 Å². The number of aryl methyl sites for hydroxylation is 1. The minimum Gasteiger partial charge on any atom is -0.398 e. The molecule has 1 aromatic rings. The van der Waals surface area contributed by atoms with Crippen LogP contribution in [-0.2, 0) is 10.0 Å². The van der Waals surface area contributed by atoms with Gasteiger partial charge in [0, 0.05) is 17.8 Å². The molecular formula is C15H22N2O3S. The number of anilines is 1. The molecule has 21 heavy (non-hydrogen) atoms. The van der Waals surface area contributed by atoms with Gasteiger partial charge in [-0.1, -0.05) is 6.07 Å². The van der Waals surface area contributed by atoms with Gasteiger partial charge in [-0.05, 0) is 56.7 Å². The molecule has 2 heterocycles. The second-order valence-corrected chi connectivity index (χ2v) is 8.05. The van der Waals surface area contributed by atoms with Crippen LogP contribution in [0, 0.1) is 13.8 Å². The molecule has 2 aliphatic heterocycles. The fourth-order valence-electron chi connectivity index (χ4n) is 3.84. The number of fused-ring (bicyclic) bond motifs is 2. The van der Waals surface area contributed by atoms with Gasteiger partial charge in [0.25, 0.3) is 0 Å². The smallest absolute Gasteiger partial charge is 0.244 e. The molecule has 2 unspecified atom stereocenters. The first-order valence-corrected chi connectivity index (χ1v) is 8.83. The van der Waals surface area contributed by atoms with E-state index in [1.54, 1.807) is 30.3 Å². The van der Waals surface area contributed by atoms with Crippen molar-refractivity contribution in [2.45, 2.75) is 62.6 Å². The lowest BCUT2D eigenvalue weighted by Gasteiger charge is -2.36. The number of nitrogen functional groups attached to an aromatic ring is 1. The molecule has 1 aromatic carbocycles. The predicted molar refractivity (Wildman–Crippen MR) is 81.4 cm³/mol. The van der Waals surface area contributed by atoms with Gasteiger partial charge in [-0.3, -0.25) is 0 Å². The molecule has 2 fully saturated rings. The van der Waals surface area contributed by atoms with Crippen molar-refractivity contribution in [3.63, 3.8) is 0 Å². The number of rotatable bonds is 2. The van der Waals surface area contributed by atoms with E-state index < -0.39 is 10.0 Å². The van der Waals surface area contributed by atoms with E-state index in [1.165, 1.54) is 0 Å². The fourth-order valence-corrected chi connectivity index (χ4v) is 6.20. The highest BCUT2D eigenvalue weighted by atomic mass is 32.2. The van der Waals surface area contributed by atoms with Crippen LogP contribution in [0.4, 0.5) is 5.69 Å². The van der Waals surface area contributed by atoms with Gasteiger partial charge in [0.1, 0.15) is 0 Å². The van der Waals surface area contributed by atoms with Crippen molar-refractivity contribution in [3.05, 3.63) is 23.3 Å². The summed E-state index contributed by atoms with van der Waals surface area (Å²) < 4.78 is 27.9. The maximum absolute atomic E-state index is 13.1. The quantitative estimate of drug-likeness (QED) is 0.812. The lowest BCUT2D eigenvalue weighted by Crippen LogP contribution is -2.48. The third-order valence-electron chi connectivity index (χ3n) is 4.82. The van der Waals surface area contributed by atoms with Gasteiger partial charge in [0.05, 0.1) is 11.0 Å². The summed E-state index contributed by atoms with van der Waals surface area (Å²) in [6.07, 6.45) is 2.37. The molecule has 6 heteroatoms. The molecule has 0 spiro atoms. The first-order valence-electron chi connectivity index (χ1n) is 7.39. The van der Waals surface area contributed by atoms with Gasteiger partial charge in [-0.2, -0.15) is 4.31 Å². The van der Waals surface area contributed by atoms with Crippen molar-refractivity contribution >= 4 is 15.7 Å². The Bertz CT molecular complexity index is 658. The van der Waals surface area contributed by atoms with E-state index in [1.807, 2.05) is 0 Å². The fraction of sp³-hybridized carbons (Fsp3) is 0.600. The maximum atomic E-state index is 13.1. The molecule has 0 radical (unpaired) electrons. The standard InChI is InChI=1S/C15H22N2O3S/c1-9-3-6-14(16)10(2)15(9)21(19,20)17-11-4-5-12(17)8-13(18)7-11/h3,6,11-13,18H,4-5,7-8,16H2,1-2H3. The highest BCUT2D eigenvalue weighted by Gasteiger charge is 2.47. The third-order valence-corrected chi connectivity index (χ3v) is 7.12. The Hall–Kier alpha value is -1.11. The van der Waals surface area contributed by atoms with Crippen LogP contribution >= 0.6 is 0 Å². The second kappa shape index (κ2) is 4.97. The molecule has 2 bridgehead atoms. The van der Waals surface area contributed by atoms with Crippen LogP contribution < -0.4 is 5.73 Å². The summed E-state index contributed by atoms with van der Waals surface area (Å²) in [6.45, 7) is 3.57. The lowest BCUT2D eigenvalue weighted by atomic mass is 10.0. The van der Waals surface area contributed by atoms with E-state index >= 15 is 0 Å². The SMILES string of the molecule is Cc1ccc(N)c(C)c1S(=O)(=O)N1C2CCC1CC(O)C2. The summed E-state index contributed by atoms with van der Waals surface area (Å²) in [6, 6.07) is 3.35. The highest BCUT2D eigenvalue weighted by molar-refractivity contribution is 7.89. The van der Waals surface area contributed by atoms with Crippen LogP contribution in [0.5, 0.6) is 0 Å². The molecule has 3 rings (SSSR count). The summed E-state index contributed by atoms with van der Waals surface area (Å²) >= 11 is 0. The van der Waals surface area contributed by atoms with E-state index in [0.29, 0.717) is 29.0 Å². The number of piperidine rings is 1. The van der Waals surface area contributed by atoms with E-state index in [9.17, 15) is 13.5 Å². The van der Waals surface area contributed by atoms with Crippen molar-refractivity contribution in [2.24, 2.45) is 0 Å². The maximum Gasteiger partial charge on any atom is 0.244 e. The zero-order valence-corrected chi connectivity index (χ0v) is 13.2. The Morgan fingerprint density at radius 2 is 1.76 bits per heavy atom. The van der Waals surface area contributed by atoms with Gasteiger partial charge >= 0.3 is 0 Å². The molecule has 116 valence electrons. The number of sulfonamides is 1. The molecule has 3 N–H and O–H groups in total. The number of nitrogens with two attached hydrogens (primary N) is 1. The summed E-state index contributed by atoms with van der Waals surface area (Å²) in [5.41, 5.74) is 7.76. The third kappa shape index (κ3) is 2.25. The topological polar surface area (TPSA) is 83.6 Å². The molecule has 2 aliphatic rings. The Labute approximate surface area is 125 Å². The van der Waals surface area contributed by atoms with E-state index in [4.69, 9.17) is 5.73 Å². The Morgan fingerprint density at radius 3 is 2.33 bits per heavy atom. The number of hydrogen-bond acceptors (Lipinski definition) is 4. The first-order chi connectivity index (χ1) is 9.82. The monoisotopic (exact) mass is 310 g/mol. The Kier molecular flexibility index (Phi) is 3.50. The summed E-state index contributed by atoms with van der Waals surface area (Å²) in [5.74, 6) is 0. The highest BCUT2D eigenvalue weighted by Crippen LogP contribution is 2.41. The Morgan fingerprint density at radius 1 is 1.19 bits per heavy atom. The largest absolute Gasteiger partial charge is 0.398 e. The number of aliphatic hydroxyl groups is 1. The molecule has 0 saturated carbocycles. The van der Waals surface area contributed by atoms with Gasteiger partial charge < -0.3 is 10.8 Å². The minimum atomic E-state index is -3.56. The van der Waals surface area contributed by atoms with Crippen molar-refractivity contribution in [3.8, 4) is 0 Å². The minimum absolute atomic E-state index is 0.0796. The molecule has 0 aromatic heterocycles. The van der Waals surface area contributed by atoms with E-state index in [0.717, 1.165) is 18.4 Å². The zero-order valence-electron chi connectivity index (χ0n) is 12.4. The van der Waals surface area contributed by atoms with Crippen LogP contribution in [0.15, 0.2) is 17.0 Å². The van der Waals surface area contributed by atoms with Gasteiger partial charge in [-0.15, -0.1) is 0 Å². The summed E-state index contributed by atoms with van der Waals surface area (Å²) in [5, 5.41) is 9.86. The van der Waals surface area contributed by atoms with Crippen LogP contribution in [-0.4, -0.2) is 36.0 Å². The predicted octanol–water partition coefficient (Wildman–Crippen LogP) is 1.56. The second-order valence-electron chi connectivity index (χ2n) is 6.27. The van der Waals surface area contributed by atoms with Gasteiger partial charge in [0.15, 0.2) is 0 Å². The van der Waals surface area contributed by atoms with Gasteiger partial charge in [-0.25, -0.2) is 8.42 Å². The van der Waals surface area contributed by atoms with Crippen LogP contribution in [0.25, 0.3) is 0 Å². The average molecular weight is 310 g/mol. The van der Waals surface area contributed by atoms with Crippen LogP contribution in [0.1, 0.15) is 36.8 Å². The molecule has 2 saturated heterocycles. The summed E-state index contributed by atoms with van der Waals surface area (Å²) in [4.78, 5) is 0.343. The van der Waals surface area contributed by atoms with Crippen molar-refractivity contribution in [1.82, 2.24) is 4.31 Å². The first kappa shape index (κ1) is 14.8.